The predicted molar refractivity (Wildman–Crippen MR) is 103 cm³/mol. The first-order valence-corrected chi connectivity index (χ1v) is 10.6. The molecule has 29 heavy (non-hydrogen) atoms. The summed E-state index contributed by atoms with van der Waals surface area (Å²) in [7, 11) is -4.11. The normalized spacial score (nSPS) is 19.9. The Morgan fingerprint density at radius 2 is 1.97 bits per heavy atom. The van der Waals surface area contributed by atoms with Crippen LogP contribution >= 0.6 is 0 Å². The van der Waals surface area contributed by atoms with Gasteiger partial charge in [0.1, 0.15) is 11.6 Å². The number of halogens is 2. The summed E-state index contributed by atoms with van der Waals surface area (Å²) in [6.07, 6.45) is 1.66. The molecule has 1 atom stereocenters. The van der Waals surface area contributed by atoms with Crippen LogP contribution in [0.5, 0.6) is 0 Å². The summed E-state index contributed by atoms with van der Waals surface area (Å²) >= 11 is 0. The maximum Gasteiger partial charge on any atom is 0.269 e. The second kappa shape index (κ2) is 7.57. The largest absolute Gasteiger partial charge is 0.381 e. The van der Waals surface area contributed by atoms with E-state index in [0.29, 0.717) is 24.8 Å². The number of sulfone groups is 1. The number of hydrogen-bond acceptors (Lipinski definition) is 5. The van der Waals surface area contributed by atoms with Crippen LogP contribution in [0.1, 0.15) is 18.4 Å². The average Bonchev–Trinajstić information content (AvgIpc) is 3.27. The fraction of sp³-hybridized carbons (Fsp3) is 0.250. The van der Waals surface area contributed by atoms with E-state index in [1.165, 1.54) is 6.07 Å². The highest BCUT2D eigenvalue weighted by Crippen LogP contribution is 2.38. The van der Waals surface area contributed by atoms with Gasteiger partial charge in [0.2, 0.25) is 9.84 Å². The maximum absolute atomic E-state index is 14.0. The number of anilines is 1. The molecule has 9 heteroatoms. The van der Waals surface area contributed by atoms with Crippen molar-refractivity contribution in [1.82, 2.24) is 5.32 Å². The number of amides is 1. The zero-order chi connectivity index (χ0) is 20.6. The summed E-state index contributed by atoms with van der Waals surface area (Å²) in [4.78, 5) is 12.4. The van der Waals surface area contributed by atoms with Crippen LogP contribution in [0.3, 0.4) is 0 Å². The van der Waals surface area contributed by atoms with Crippen molar-refractivity contribution in [2.45, 2.75) is 23.8 Å². The molecule has 2 aromatic carbocycles. The first-order valence-electron chi connectivity index (χ1n) is 9.08. The average molecular weight is 420 g/mol. The maximum atomic E-state index is 14.0. The summed E-state index contributed by atoms with van der Waals surface area (Å²) in [5.74, 6) is -2.80. The molecule has 1 saturated heterocycles. The van der Waals surface area contributed by atoms with Crippen LogP contribution in [0.2, 0.25) is 0 Å². The van der Waals surface area contributed by atoms with Gasteiger partial charge in [-0.2, -0.15) is 0 Å². The Morgan fingerprint density at radius 1 is 1.17 bits per heavy atom. The van der Waals surface area contributed by atoms with Gasteiger partial charge in [0.05, 0.1) is 22.4 Å². The smallest absolute Gasteiger partial charge is 0.269 e. The van der Waals surface area contributed by atoms with Crippen molar-refractivity contribution in [3.8, 4) is 0 Å². The summed E-state index contributed by atoms with van der Waals surface area (Å²) in [6.45, 7) is 0.971. The fourth-order valence-electron chi connectivity index (χ4n) is 3.48. The van der Waals surface area contributed by atoms with E-state index in [9.17, 15) is 22.0 Å². The van der Waals surface area contributed by atoms with Crippen LogP contribution in [-0.4, -0.2) is 33.6 Å². The minimum atomic E-state index is -4.11. The van der Waals surface area contributed by atoms with Crippen molar-refractivity contribution in [3.63, 3.8) is 0 Å². The van der Waals surface area contributed by atoms with Crippen molar-refractivity contribution in [3.05, 3.63) is 64.6 Å². The Hall–Kier alpha value is -2.78. The lowest BCUT2D eigenvalue weighted by Gasteiger charge is -2.14. The first-order chi connectivity index (χ1) is 13.9. The van der Waals surface area contributed by atoms with E-state index >= 15 is 0 Å². The molecule has 4 rings (SSSR count). The van der Waals surface area contributed by atoms with Gasteiger partial charge in [-0.1, -0.05) is 18.2 Å². The Kier molecular flexibility index (Phi) is 5.10. The lowest BCUT2D eigenvalue weighted by molar-refractivity contribution is -0.112. The molecule has 0 saturated carbocycles. The van der Waals surface area contributed by atoms with Gasteiger partial charge in [0.25, 0.3) is 5.91 Å². The number of ether oxygens (including phenoxy) is 1. The summed E-state index contributed by atoms with van der Waals surface area (Å²) in [6, 6.07) is 8.87. The minimum absolute atomic E-state index is 0.000400. The van der Waals surface area contributed by atoms with Gasteiger partial charge >= 0.3 is 0 Å². The SMILES string of the molecule is O=C(Nc1ccc(F)cc1F)C1=C(NC[C@@H]2CCCO2)c2ccccc2S1(=O)=O. The highest BCUT2D eigenvalue weighted by Gasteiger charge is 2.40. The zero-order valence-corrected chi connectivity index (χ0v) is 16.1. The molecule has 2 aliphatic heterocycles. The Bertz CT molecular complexity index is 1110. The molecule has 6 nitrogen and oxygen atoms in total. The molecule has 1 amide bonds. The number of carbonyl (C=O) groups excluding carboxylic acids is 1. The zero-order valence-electron chi connectivity index (χ0n) is 15.2. The van der Waals surface area contributed by atoms with Crippen LogP contribution in [-0.2, 0) is 19.4 Å². The van der Waals surface area contributed by atoms with E-state index in [-0.39, 0.29) is 22.4 Å². The molecule has 0 unspecified atom stereocenters. The number of nitrogens with one attached hydrogen (secondary N) is 2. The van der Waals surface area contributed by atoms with Gasteiger partial charge in [-0.25, -0.2) is 17.2 Å². The topological polar surface area (TPSA) is 84.5 Å². The third kappa shape index (κ3) is 3.63. The predicted octanol–water partition coefficient (Wildman–Crippen LogP) is 2.83. The molecule has 0 aromatic heterocycles. The number of hydrogen-bond donors (Lipinski definition) is 2. The van der Waals surface area contributed by atoms with Gasteiger partial charge < -0.3 is 15.4 Å². The minimum Gasteiger partial charge on any atom is -0.381 e. The lowest BCUT2D eigenvalue weighted by Crippen LogP contribution is -2.28. The van der Waals surface area contributed by atoms with Crippen molar-refractivity contribution in [1.29, 1.82) is 0 Å². The molecule has 1 fully saturated rings. The molecule has 2 N–H and O–H groups in total. The first kappa shape index (κ1) is 19.5. The number of fused-ring (bicyclic) bond motifs is 1. The van der Waals surface area contributed by atoms with Crippen molar-refractivity contribution in [2.24, 2.45) is 0 Å². The van der Waals surface area contributed by atoms with Crippen LogP contribution in [0, 0.1) is 11.6 Å². The number of benzene rings is 2. The van der Waals surface area contributed by atoms with Gasteiger partial charge in [-0.3, -0.25) is 4.79 Å². The van der Waals surface area contributed by atoms with Gasteiger partial charge in [-0.05, 0) is 31.0 Å². The Labute approximate surface area is 166 Å². The summed E-state index contributed by atoms with van der Waals surface area (Å²) in [5.41, 5.74) is 0.208. The van der Waals surface area contributed by atoms with E-state index in [0.717, 1.165) is 25.0 Å². The number of carbonyl (C=O) groups is 1. The van der Waals surface area contributed by atoms with E-state index < -0.39 is 32.3 Å². The van der Waals surface area contributed by atoms with Crippen molar-refractivity contribution in [2.75, 3.05) is 18.5 Å². The second-order valence-corrected chi connectivity index (χ2v) is 8.65. The molecule has 152 valence electrons. The van der Waals surface area contributed by atoms with Crippen LogP contribution in [0.4, 0.5) is 14.5 Å². The molecule has 0 spiro atoms. The van der Waals surface area contributed by atoms with Gasteiger partial charge in [-0.15, -0.1) is 0 Å². The molecule has 2 aromatic rings. The molecule has 0 radical (unpaired) electrons. The van der Waals surface area contributed by atoms with E-state index in [2.05, 4.69) is 10.6 Å². The molecule has 2 heterocycles. The summed E-state index contributed by atoms with van der Waals surface area (Å²) < 4.78 is 58.7. The standard InChI is InChI=1S/C20H18F2N2O4S/c21-12-7-8-16(15(22)10-12)24-20(25)19-18(23-11-13-4-3-9-28-13)14-5-1-2-6-17(14)29(19,26)27/h1-2,5-8,10,13,23H,3-4,9,11H2,(H,24,25)/t13-/m0/s1. The number of rotatable bonds is 5. The van der Waals surface area contributed by atoms with Crippen LogP contribution in [0.15, 0.2) is 52.3 Å². The van der Waals surface area contributed by atoms with Crippen molar-refractivity contribution < 1.29 is 26.7 Å². The monoisotopic (exact) mass is 420 g/mol. The van der Waals surface area contributed by atoms with Gasteiger partial charge in [0.15, 0.2) is 4.91 Å². The van der Waals surface area contributed by atoms with E-state index in [1.54, 1.807) is 18.2 Å². The van der Waals surface area contributed by atoms with Gasteiger partial charge in [0, 0.05) is 24.8 Å². The molecule has 0 aliphatic carbocycles. The summed E-state index contributed by atoms with van der Waals surface area (Å²) in [5, 5.41) is 5.28. The second-order valence-electron chi connectivity index (χ2n) is 6.80. The van der Waals surface area contributed by atoms with Crippen LogP contribution < -0.4 is 10.6 Å². The highest BCUT2D eigenvalue weighted by atomic mass is 32.2. The highest BCUT2D eigenvalue weighted by molar-refractivity contribution is 7.97. The fourth-order valence-corrected chi connectivity index (χ4v) is 5.16. The third-order valence-corrected chi connectivity index (χ3v) is 6.72. The van der Waals surface area contributed by atoms with Crippen LogP contribution in [0.25, 0.3) is 5.70 Å². The Balaban J connectivity index is 1.71. The van der Waals surface area contributed by atoms with Crippen molar-refractivity contribution >= 4 is 27.1 Å². The van der Waals surface area contributed by atoms with E-state index in [1.807, 2.05) is 0 Å². The lowest BCUT2D eigenvalue weighted by atomic mass is 10.1. The molecular formula is C20H18F2N2O4S. The molecule has 0 bridgehead atoms. The molecule has 2 aliphatic rings. The van der Waals surface area contributed by atoms with E-state index in [4.69, 9.17) is 4.74 Å². The Morgan fingerprint density at radius 3 is 2.69 bits per heavy atom. The quantitative estimate of drug-likeness (QED) is 0.777. The third-order valence-electron chi connectivity index (χ3n) is 4.86. The molecular weight excluding hydrogens is 402 g/mol.